The van der Waals surface area contributed by atoms with Gasteiger partial charge in [0.15, 0.2) is 0 Å². The molecule has 0 bridgehead atoms. The molecule has 2 aromatic rings. The zero-order chi connectivity index (χ0) is 27.0. The topological polar surface area (TPSA) is 108 Å². The maximum absolute atomic E-state index is 14.0. The minimum absolute atomic E-state index is 0.0266. The molecule has 8 nitrogen and oxygen atoms in total. The van der Waals surface area contributed by atoms with Gasteiger partial charge in [0.05, 0.1) is 5.69 Å². The lowest BCUT2D eigenvalue weighted by molar-refractivity contribution is -0.124. The van der Waals surface area contributed by atoms with Gasteiger partial charge in [0.25, 0.3) is 0 Å². The standard InChI is InChI=1S/C27H37N3O5S2/c1-18-7-9-19(10-8-18)25(31)30(22-16-23(27(2,3)4)36-24(22)26(32)33)20-11-14-29(15-12-20)37(34,35)21-6-5-13-28-17-21/h5-6,13,16-20H,7-12,14-15H2,1-4H3,(H,32,33). The fourth-order valence-electron chi connectivity index (χ4n) is 5.27. The molecule has 10 heteroatoms. The lowest BCUT2D eigenvalue weighted by atomic mass is 9.82. The van der Waals surface area contributed by atoms with Crippen LogP contribution in [0.25, 0.3) is 0 Å². The Hall–Kier alpha value is -2.30. The van der Waals surface area contributed by atoms with Crippen molar-refractivity contribution < 1.29 is 23.1 Å². The number of thiophene rings is 1. The van der Waals surface area contributed by atoms with Gasteiger partial charge in [-0.25, -0.2) is 13.2 Å². The Morgan fingerprint density at radius 1 is 1.11 bits per heavy atom. The van der Waals surface area contributed by atoms with Crippen LogP contribution < -0.4 is 4.90 Å². The molecule has 0 spiro atoms. The van der Waals surface area contributed by atoms with E-state index >= 15 is 0 Å². The monoisotopic (exact) mass is 547 g/mol. The summed E-state index contributed by atoms with van der Waals surface area (Å²) < 4.78 is 27.7. The number of amides is 1. The van der Waals surface area contributed by atoms with Gasteiger partial charge in [-0.1, -0.05) is 27.7 Å². The van der Waals surface area contributed by atoms with E-state index < -0.39 is 16.0 Å². The fourth-order valence-corrected chi connectivity index (χ4v) is 7.75. The molecule has 1 saturated heterocycles. The summed E-state index contributed by atoms with van der Waals surface area (Å²) in [7, 11) is -3.68. The molecule has 0 radical (unpaired) electrons. The number of pyridine rings is 1. The Morgan fingerprint density at radius 3 is 2.30 bits per heavy atom. The van der Waals surface area contributed by atoms with E-state index in [2.05, 4.69) is 11.9 Å². The van der Waals surface area contributed by atoms with Crippen LogP contribution in [0.5, 0.6) is 0 Å². The molecule has 2 fully saturated rings. The Balaban J connectivity index is 1.65. The average Bonchev–Trinajstić information content (AvgIpc) is 3.31. The third-order valence-corrected chi connectivity index (χ3v) is 11.0. The SMILES string of the molecule is CC1CCC(C(=O)N(c2cc(C(C)(C)C)sc2C(=O)O)C2CCN(S(=O)(=O)c3cccnc3)CC2)CC1. The molecule has 1 saturated carbocycles. The summed E-state index contributed by atoms with van der Waals surface area (Å²) in [5.41, 5.74) is 0.197. The summed E-state index contributed by atoms with van der Waals surface area (Å²) >= 11 is 1.23. The second-order valence-electron chi connectivity index (χ2n) is 11.4. The van der Waals surface area contributed by atoms with Crippen LogP contribution in [0.4, 0.5) is 5.69 Å². The van der Waals surface area contributed by atoms with Crippen molar-refractivity contribution in [1.29, 1.82) is 0 Å². The van der Waals surface area contributed by atoms with Crippen molar-refractivity contribution in [2.24, 2.45) is 11.8 Å². The number of anilines is 1. The van der Waals surface area contributed by atoms with Crippen molar-refractivity contribution in [3.8, 4) is 0 Å². The van der Waals surface area contributed by atoms with E-state index in [0.29, 0.717) is 24.4 Å². The van der Waals surface area contributed by atoms with Crippen LogP contribution in [0.1, 0.15) is 80.8 Å². The van der Waals surface area contributed by atoms with E-state index in [4.69, 9.17) is 0 Å². The Bertz CT molecular complexity index is 1220. The quantitative estimate of drug-likeness (QED) is 0.536. The third-order valence-electron chi connectivity index (χ3n) is 7.57. The fraction of sp³-hybridized carbons (Fsp3) is 0.593. The molecule has 1 amide bonds. The van der Waals surface area contributed by atoms with E-state index in [-0.39, 0.29) is 46.1 Å². The van der Waals surface area contributed by atoms with E-state index in [1.807, 2.05) is 26.8 Å². The van der Waals surface area contributed by atoms with E-state index in [1.54, 1.807) is 11.0 Å². The molecule has 202 valence electrons. The molecule has 2 aromatic heterocycles. The third kappa shape index (κ3) is 5.91. The van der Waals surface area contributed by atoms with Crippen molar-refractivity contribution in [2.75, 3.05) is 18.0 Å². The number of hydrogen-bond acceptors (Lipinski definition) is 6. The molecule has 37 heavy (non-hydrogen) atoms. The summed E-state index contributed by atoms with van der Waals surface area (Å²) in [6.07, 6.45) is 7.31. The van der Waals surface area contributed by atoms with Gasteiger partial charge < -0.3 is 10.0 Å². The lowest BCUT2D eigenvalue weighted by Crippen LogP contribution is -2.51. The molecule has 4 rings (SSSR count). The van der Waals surface area contributed by atoms with Crippen LogP contribution in [0.3, 0.4) is 0 Å². The number of piperidine rings is 1. The van der Waals surface area contributed by atoms with Crippen LogP contribution >= 0.6 is 11.3 Å². The van der Waals surface area contributed by atoms with Gasteiger partial charge in [0, 0.05) is 42.3 Å². The largest absolute Gasteiger partial charge is 0.477 e. The lowest BCUT2D eigenvalue weighted by Gasteiger charge is -2.40. The Labute approximate surface area is 223 Å². The first-order valence-electron chi connectivity index (χ1n) is 13.0. The second-order valence-corrected chi connectivity index (χ2v) is 14.4. The predicted molar refractivity (Wildman–Crippen MR) is 145 cm³/mol. The normalized spacial score (nSPS) is 22.1. The van der Waals surface area contributed by atoms with Crippen molar-refractivity contribution in [1.82, 2.24) is 9.29 Å². The molecule has 1 aliphatic carbocycles. The second kappa shape index (κ2) is 10.8. The number of carboxylic acids is 1. The number of sulfonamides is 1. The van der Waals surface area contributed by atoms with Gasteiger partial charge in [-0.2, -0.15) is 4.31 Å². The van der Waals surface area contributed by atoms with Crippen molar-refractivity contribution in [3.63, 3.8) is 0 Å². The summed E-state index contributed by atoms with van der Waals surface area (Å²) in [4.78, 5) is 33.3. The minimum atomic E-state index is -3.68. The van der Waals surface area contributed by atoms with E-state index in [1.165, 1.54) is 34.1 Å². The summed E-state index contributed by atoms with van der Waals surface area (Å²) in [6.45, 7) is 8.81. The number of nitrogens with zero attached hydrogens (tertiary/aromatic N) is 3. The number of rotatable bonds is 6. The molecule has 2 aliphatic rings. The van der Waals surface area contributed by atoms with Gasteiger partial charge in [-0.3, -0.25) is 9.78 Å². The number of carbonyl (C=O) groups excluding carboxylic acids is 1. The Morgan fingerprint density at radius 2 is 1.76 bits per heavy atom. The van der Waals surface area contributed by atoms with Crippen molar-refractivity contribution in [2.45, 2.75) is 82.6 Å². The number of aromatic carboxylic acids is 1. The van der Waals surface area contributed by atoms with Gasteiger partial charge in [0.2, 0.25) is 15.9 Å². The molecular weight excluding hydrogens is 510 g/mol. The maximum Gasteiger partial charge on any atom is 0.348 e. The van der Waals surface area contributed by atoms with E-state index in [9.17, 15) is 23.1 Å². The minimum Gasteiger partial charge on any atom is -0.477 e. The molecule has 0 atom stereocenters. The molecule has 0 aromatic carbocycles. The zero-order valence-corrected chi connectivity index (χ0v) is 23.6. The molecule has 1 N–H and O–H groups in total. The van der Waals surface area contributed by atoms with Crippen molar-refractivity contribution >= 4 is 38.9 Å². The highest BCUT2D eigenvalue weighted by atomic mass is 32.2. The van der Waals surface area contributed by atoms with Crippen LogP contribution in [-0.2, 0) is 20.2 Å². The highest BCUT2D eigenvalue weighted by Crippen LogP contribution is 2.41. The highest BCUT2D eigenvalue weighted by molar-refractivity contribution is 7.89. The van der Waals surface area contributed by atoms with Crippen molar-refractivity contribution in [3.05, 3.63) is 40.3 Å². The average molecular weight is 548 g/mol. The predicted octanol–water partition coefficient (Wildman–Crippen LogP) is 5.15. The zero-order valence-electron chi connectivity index (χ0n) is 22.0. The first-order chi connectivity index (χ1) is 17.4. The van der Waals surface area contributed by atoms with Gasteiger partial charge in [-0.15, -0.1) is 11.3 Å². The van der Waals surface area contributed by atoms with Crippen LogP contribution in [0, 0.1) is 11.8 Å². The summed E-state index contributed by atoms with van der Waals surface area (Å²) in [6, 6.07) is 4.73. The molecule has 1 aliphatic heterocycles. The smallest absolute Gasteiger partial charge is 0.348 e. The Kier molecular flexibility index (Phi) is 8.11. The van der Waals surface area contributed by atoms with Crippen LogP contribution in [0.2, 0.25) is 0 Å². The number of hydrogen-bond donors (Lipinski definition) is 1. The molecular formula is C27H37N3O5S2. The molecule has 3 heterocycles. The van der Waals surface area contributed by atoms with Gasteiger partial charge in [0.1, 0.15) is 9.77 Å². The number of carboxylic acid groups (broad SMARTS) is 1. The maximum atomic E-state index is 14.0. The summed E-state index contributed by atoms with van der Waals surface area (Å²) in [5, 5.41) is 10.1. The van der Waals surface area contributed by atoms with Crippen LogP contribution in [-0.4, -0.2) is 53.8 Å². The summed E-state index contributed by atoms with van der Waals surface area (Å²) in [5.74, 6) is -0.627. The first-order valence-corrected chi connectivity index (χ1v) is 15.3. The van der Waals surface area contributed by atoms with E-state index in [0.717, 1.165) is 30.6 Å². The number of carbonyl (C=O) groups is 2. The van der Waals surface area contributed by atoms with Crippen LogP contribution in [0.15, 0.2) is 35.5 Å². The first kappa shape index (κ1) is 27.7. The van der Waals surface area contributed by atoms with Gasteiger partial charge in [-0.05, 0) is 68.1 Å². The van der Waals surface area contributed by atoms with Gasteiger partial charge >= 0.3 is 5.97 Å². The molecule has 0 unspecified atom stereocenters. The highest BCUT2D eigenvalue weighted by Gasteiger charge is 2.39. The number of aromatic nitrogens is 1.